The van der Waals surface area contributed by atoms with E-state index in [0.717, 1.165) is 48.1 Å². The Hall–Kier alpha value is -2.33. The second-order valence-corrected chi connectivity index (χ2v) is 9.92. The number of hydrogen-bond acceptors (Lipinski definition) is 2. The summed E-state index contributed by atoms with van der Waals surface area (Å²) in [5.41, 5.74) is 2.97. The van der Waals surface area contributed by atoms with Gasteiger partial charge in [0.2, 0.25) is 5.91 Å². The zero-order chi connectivity index (χ0) is 21.9. The smallest absolute Gasteiger partial charge is 0.243 e. The van der Waals surface area contributed by atoms with E-state index in [0.29, 0.717) is 17.0 Å². The van der Waals surface area contributed by atoms with Gasteiger partial charge in [-0.05, 0) is 68.0 Å². The molecule has 2 fully saturated rings. The summed E-state index contributed by atoms with van der Waals surface area (Å²) in [5.74, 6) is 1.36. The molecule has 0 radical (unpaired) electrons. The molecule has 5 heteroatoms. The minimum absolute atomic E-state index is 0.169. The minimum atomic E-state index is -0.240. The second-order valence-electron chi connectivity index (χ2n) is 9.49. The summed E-state index contributed by atoms with van der Waals surface area (Å²) in [6.45, 7) is 0. The molecular formula is C27H32ClN3O. The molecule has 2 aliphatic rings. The van der Waals surface area contributed by atoms with Crippen molar-refractivity contribution in [3.8, 4) is 11.4 Å². The first-order chi connectivity index (χ1) is 15.7. The fourth-order valence-corrected chi connectivity index (χ4v) is 5.78. The van der Waals surface area contributed by atoms with Gasteiger partial charge in [-0.2, -0.15) is 0 Å². The summed E-state index contributed by atoms with van der Waals surface area (Å²) in [5, 5.41) is 4.15. The van der Waals surface area contributed by atoms with E-state index in [4.69, 9.17) is 16.6 Å². The highest BCUT2D eigenvalue weighted by atomic mass is 35.5. The van der Waals surface area contributed by atoms with E-state index in [-0.39, 0.29) is 11.9 Å². The third-order valence-corrected chi connectivity index (χ3v) is 7.54. The van der Waals surface area contributed by atoms with Crippen LogP contribution in [0.25, 0.3) is 22.4 Å². The van der Waals surface area contributed by atoms with E-state index in [1.807, 2.05) is 42.5 Å². The van der Waals surface area contributed by atoms with Crippen molar-refractivity contribution in [1.82, 2.24) is 14.9 Å². The number of imidazole rings is 1. The van der Waals surface area contributed by atoms with Crippen LogP contribution in [-0.2, 0) is 4.79 Å². The molecule has 0 saturated heterocycles. The minimum Gasteiger partial charge on any atom is -0.352 e. The maximum absolute atomic E-state index is 13.9. The first-order valence-corrected chi connectivity index (χ1v) is 12.6. The van der Waals surface area contributed by atoms with Crippen molar-refractivity contribution in [2.45, 2.75) is 76.3 Å². The van der Waals surface area contributed by atoms with E-state index in [1.165, 1.54) is 38.5 Å². The van der Waals surface area contributed by atoms with Crippen molar-refractivity contribution in [2.75, 3.05) is 0 Å². The van der Waals surface area contributed by atoms with Crippen LogP contribution in [0, 0.1) is 5.92 Å². The van der Waals surface area contributed by atoms with Gasteiger partial charge in [0, 0.05) is 16.6 Å². The van der Waals surface area contributed by atoms with Gasteiger partial charge in [-0.25, -0.2) is 4.98 Å². The van der Waals surface area contributed by atoms with Crippen LogP contribution in [0.15, 0.2) is 48.5 Å². The molecule has 1 heterocycles. The van der Waals surface area contributed by atoms with Crippen molar-refractivity contribution >= 4 is 28.5 Å². The number of fused-ring (bicyclic) bond motifs is 1. The molecule has 2 aromatic carbocycles. The Morgan fingerprint density at radius 2 is 1.56 bits per heavy atom. The van der Waals surface area contributed by atoms with Gasteiger partial charge in [-0.3, -0.25) is 4.79 Å². The lowest BCUT2D eigenvalue weighted by Crippen LogP contribution is -2.43. The second kappa shape index (κ2) is 9.66. The number of para-hydroxylation sites is 2. The van der Waals surface area contributed by atoms with E-state index in [2.05, 4.69) is 16.0 Å². The summed E-state index contributed by atoms with van der Waals surface area (Å²) in [4.78, 5) is 18.9. The van der Waals surface area contributed by atoms with Gasteiger partial charge in [-0.15, -0.1) is 0 Å². The van der Waals surface area contributed by atoms with E-state index in [1.54, 1.807) is 0 Å². The summed E-state index contributed by atoms with van der Waals surface area (Å²) in [7, 11) is 0. The Bertz CT molecular complexity index is 1060. The van der Waals surface area contributed by atoms with E-state index < -0.39 is 0 Å². The Balaban J connectivity index is 1.60. The predicted molar refractivity (Wildman–Crippen MR) is 131 cm³/mol. The summed E-state index contributed by atoms with van der Waals surface area (Å²) >= 11 is 6.17. The zero-order valence-electron chi connectivity index (χ0n) is 18.6. The Kier molecular flexibility index (Phi) is 6.49. The van der Waals surface area contributed by atoms with Crippen LogP contribution in [0.1, 0.15) is 70.3 Å². The molecule has 0 unspecified atom stereocenters. The molecule has 0 spiro atoms. The fourth-order valence-electron chi connectivity index (χ4n) is 5.65. The number of nitrogens with one attached hydrogen (secondary N) is 1. The lowest BCUT2D eigenvalue weighted by molar-refractivity contribution is -0.127. The molecule has 1 N–H and O–H groups in total. The number of amides is 1. The van der Waals surface area contributed by atoms with Crippen LogP contribution < -0.4 is 5.32 Å². The van der Waals surface area contributed by atoms with Gasteiger partial charge < -0.3 is 9.88 Å². The number of halogens is 1. The van der Waals surface area contributed by atoms with Gasteiger partial charge in [0.15, 0.2) is 0 Å². The predicted octanol–water partition coefficient (Wildman–Crippen LogP) is 6.93. The Morgan fingerprint density at radius 1 is 0.906 bits per heavy atom. The first kappa shape index (κ1) is 21.5. The van der Waals surface area contributed by atoms with Crippen molar-refractivity contribution in [2.24, 2.45) is 5.92 Å². The molecule has 5 rings (SSSR count). The summed E-state index contributed by atoms with van der Waals surface area (Å²) in [6.07, 6.45) is 11.7. The molecule has 0 aliphatic heterocycles. The van der Waals surface area contributed by atoms with Gasteiger partial charge in [0.05, 0.1) is 11.0 Å². The highest BCUT2D eigenvalue weighted by Gasteiger charge is 2.35. The van der Waals surface area contributed by atoms with Crippen LogP contribution in [0.4, 0.5) is 0 Å². The van der Waals surface area contributed by atoms with Gasteiger partial charge in [-0.1, -0.05) is 62.3 Å². The molecule has 2 aliphatic carbocycles. The molecule has 4 nitrogen and oxygen atoms in total. The Labute approximate surface area is 195 Å². The van der Waals surface area contributed by atoms with Crippen molar-refractivity contribution < 1.29 is 4.79 Å². The number of carbonyl (C=O) groups excluding carboxylic acids is 1. The van der Waals surface area contributed by atoms with Crippen LogP contribution in [-0.4, -0.2) is 21.5 Å². The topological polar surface area (TPSA) is 46.9 Å². The van der Waals surface area contributed by atoms with Crippen molar-refractivity contribution in [1.29, 1.82) is 0 Å². The molecule has 1 amide bonds. The average molecular weight is 450 g/mol. The largest absolute Gasteiger partial charge is 0.352 e. The van der Waals surface area contributed by atoms with Crippen LogP contribution in [0.2, 0.25) is 5.02 Å². The Morgan fingerprint density at radius 3 is 2.28 bits per heavy atom. The third-order valence-electron chi connectivity index (χ3n) is 7.29. The number of benzene rings is 2. The van der Waals surface area contributed by atoms with Crippen LogP contribution >= 0.6 is 11.6 Å². The number of nitrogens with zero attached hydrogens (tertiary/aromatic N) is 2. The highest BCUT2D eigenvalue weighted by molar-refractivity contribution is 6.30. The maximum Gasteiger partial charge on any atom is 0.243 e. The monoisotopic (exact) mass is 449 g/mol. The molecule has 2 saturated carbocycles. The number of hydrogen-bond donors (Lipinski definition) is 1. The molecular weight excluding hydrogens is 418 g/mol. The average Bonchev–Trinajstić information content (AvgIpc) is 3.20. The molecule has 1 atom stereocenters. The highest BCUT2D eigenvalue weighted by Crippen LogP contribution is 2.38. The van der Waals surface area contributed by atoms with Gasteiger partial charge in [0.1, 0.15) is 11.9 Å². The fraction of sp³-hybridized carbons (Fsp3) is 0.481. The number of rotatable bonds is 5. The quantitative estimate of drug-likeness (QED) is 0.459. The first-order valence-electron chi connectivity index (χ1n) is 12.2. The summed E-state index contributed by atoms with van der Waals surface area (Å²) in [6, 6.07) is 16.1. The van der Waals surface area contributed by atoms with Crippen LogP contribution in [0.3, 0.4) is 0 Å². The standard InChI is InChI=1S/C27H32ClN3O/c28-21-17-15-20(16-18-21)26-30-23-13-7-8-14-24(23)31(26)25(19-9-3-1-4-10-19)27(32)29-22-11-5-2-6-12-22/h7-8,13-19,22,25H,1-6,9-12H2,(H,29,32)/t25-/m0/s1. The molecule has 168 valence electrons. The van der Waals surface area contributed by atoms with Crippen LogP contribution in [0.5, 0.6) is 0 Å². The van der Waals surface area contributed by atoms with Gasteiger partial charge >= 0.3 is 0 Å². The lowest BCUT2D eigenvalue weighted by Gasteiger charge is -2.33. The van der Waals surface area contributed by atoms with E-state index >= 15 is 0 Å². The summed E-state index contributed by atoms with van der Waals surface area (Å²) < 4.78 is 2.23. The van der Waals surface area contributed by atoms with Gasteiger partial charge in [0.25, 0.3) is 0 Å². The van der Waals surface area contributed by atoms with Crippen molar-refractivity contribution in [3.63, 3.8) is 0 Å². The van der Waals surface area contributed by atoms with E-state index in [9.17, 15) is 4.79 Å². The zero-order valence-corrected chi connectivity index (χ0v) is 19.4. The lowest BCUT2D eigenvalue weighted by atomic mass is 9.82. The molecule has 0 bridgehead atoms. The number of aromatic nitrogens is 2. The SMILES string of the molecule is O=C(NC1CCCCC1)[C@H](C1CCCCC1)n1c(-c2ccc(Cl)cc2)nc2ccccc21. The molecule has 1 aromatic heterocycles. The van der Waals surface area contributed by atoms with Crippen molar-refractivity contribution in [3.05, 3.63) is 53.6 Å². The molecule has 32 heavy (non-hydrogen) atoms. The third kappa shape index (κ3) is 4.43. The number of carbonyl (C=O) groups is 1. The normalized spacial score (nSPS) is 19.2. The maximum atomic E-state index is 13.9. The molecule has 3 aromatic rings.